The van der Waals surface area contributed by atoms with Crippen LogP contribution in [0.15, 0.2) is 0 Å². The van der Waals surface area contributed by atoms with Gasteiger partial charge >= 0.3 is 0 Å². The Morgan fingerprint density at radius 3 is 1.64 bits per heavy atom. The van der Waals surface area contributed by atoms with Crippen LogP contribution in [-0.4, -0.2) is 23.9 Å². The fourth-order valence-electron chi connectivity index (χ4n) is 2.73. The number of nitrogens with two attached hydrogens (primary N) is 1. The van der Waals surface area contributed by atoms with Crippen molar-refractivity contribution < 1.29 is 4.74 Å². The van der Waals surface area contributed by atoms with Gasteiger partial charge in [-0.25, -0.2) is 5.01 Å². The van der Waals surface area contributed by atoms with Gasteiger partial charge in [-0.1, -0.05) is 78.1 Å². The predicted molar refractivity (Wildman–Crippen MR) is 97.7 cm³/mol. The van der Waals surface area contributed by atoms with Crippen molar-refractivity contribution in [2.45, 2.75) is 117 Å². The molecule has 0 heterocycles. The van der Waals surface area contributed by atoms with Crippen molar-refractivity contribution in [1.29, 1.82) is 0 Å². The van der Waals surface area contributed by atoms with Crippen molar-refractivity contribution in [3.63, 3.8) is 0 Å². The molecule has 0 fully saturated rings. The number of unbranched alkanes of at least 4 members (excludes halogenated alkanes) is 10. The maximum Gasteiger partial charge on any atom is 0.122 e. The third-order valence-corrected chi connectivity index (χ3v) is 4.34. The summed E-state index contributed by atoms with van der Waals surface area (Å²) < 4.78 is 5.90. The largest absolute Gasteiger partial charge is 0.362 e. The Morgan fingerprint density at radius 2 is 1.23 bits per heavy atom. The summed E-state index contributed by atoms with van der Waals surface area (Å²) in [6.07, 6.45) is 16.1. The Hall–Kier alpha value is -0.120. The molecule has 0 bridgehead atoms. The molecule has 1 unspecified atom stereocenters. The number of hydrazine groups is 1. The maximum absolute atomic E-state index is 6.02. The summed E-state index contributed by atoms with van der Waals surface area (Å²) in [4.78, 5) is 0. The lowest BCUT2D eigenvalue weighted by Gasteiger charge is -2.29. The van der Waals surface area contributed by atoms with Gasteiger partial charge in [0.1, 0.15) is 6.23 Å². The first-order chi connectivity index (χ1) is 10.6. The normalized spacial score (nSPS) is 13.2. The van der Waals surface area contributed by atoms with Crippen LogP contribution in [0.2, 0.25) is 0 Å². The molecule has 0 saturated carbocycles. The van der Waals surface area contributed by atoms with Crippen LogP contribution in [-0.2, 0) is 4.74 Å². The molecule has 0 aromatic rings. The third kappa shape index (κ3) is 12.4. The molecule has 3 heteroatoms. The molecular weight excluding hydrogens is 272 g/mol. The summed E-state index contributed by atoms with van der Waals surface area (Å²) in [6, 6.07) is 0.335. The van der Waals surface area contributed by atoms with Crippen molar-refractivity contribution in [2.75, 3.05) is 6.61 Å². The van der Waals surface area contributed by atoms with E-state index in [1.807, 2.05) is 5.01 Å². The van der Waals surface area contributed by atoms with Crippen molar-refractivity contribution in [3.05, 3.63) is 0 Å². The highest BCUT2D eigenvalue weighted by molar-refractivity contribution is 4.59. The van der Waals surface area contributed by atoms with E-state index in [4.69, 9.17) is 10.6 Å². The van der Waals surface area contributed by atoms with Gasteiger partial charge in [-0.15, -0.1) is 0 Å². The number of nitrogens with zero attached hydrogens (tertiary/aromatic N) is 1. The van der Waals surface area contributed by atoms with Crippen LogP contribution in [0.1, 0.15) is 105 Å². The Bertz CT molecular complexity index is 221. The lowest BCUT2D eigenvalue weighted by atomic mass is 10.1. The topological polar surface area (TPSA) is 38.5 Å². The zero-order valence-electron chi connectivity index (χ0n) is 15.8. The quantitative estimate of drug-likeness (QED) is 0.173. The fraction of sp³-hybridized carbons (Fsp3) is 1.00. The molecule has 0 aromatic carbocycles. The van der Waals surface area contributed by atoms with Gasteiger partial charge in [0, 0.05) is 12.6 Å². The van der Waals surface area contributed by atoms with Crippen LogP contribution >= 0.6 is 0 Å². The highest BCUT2D eigenvalue weighted by Gasteiger charge is 2.15. The van der Waals surface area contributed by atoms with Crippen LogP contribution in [0.25, 0.3) is 0 Å². The molecule has 22 heavy (non-hydrogen) atoms. The van der Waals surface area contributed by atoms with Gasteiger partial charge < -0.3 is 4.74 Å². The molecule has 0 saturated heterocycles. The number of rotatable bonds is 16. The summed E-state index contributed by atoms with van der Waals surface area (Å²) in [6.45, 7) is 9.46. The van der Waals surface area contributed by atoms with Crippen molar-refractivity contribution in [3.8, 4) is 0 Å². The summed E-state index contributed by atoms with van der Waals surface area (Å²) in [5, 5.41) is 1.83. The maximum atomic E-state index is 6.02. The standard InChI is InChI=1S/C19H42N2O/c1-5-7-8-9-10-11-12-13-14-15-16-17-22-19(6-2)21(20)18(3)4/h18-19H,5-17,20H2,1-4H3. The van der Waals surface area contributed by atoms with Crippen molar-refractivity contribution in [2.24, 2.45) is 5.84 Å². The Kier molecular flexibility index (Phi) is 15.7. The average Bonchev–Trinajstić information content (AvgIpc) is 2.51. The van der Waals surface area contributed by atoms with Crippen LogP contribution < -0.4 is 5.84 Å². The van der Waals surface area contributed by atoms with Gasteiger partial charge in [0.15, 0.2) is 0 Å². The fourth-order valence-corrected chi connectivity index (χ4v) is 2.73. The summed E-state index contributed by atoms with van der Waals surface area (Å²) in [5.41, 5.74) is 0. The monoisotopic (exact) mass is 314 g/mol. The molecule has 0 amide bonds. The van der Waals surface area contributed by atoms with Gasteiger partial charge in [0.25, 0.3) is 0 Å². The van der Waals surface area contributed by atoms with E-state index in [1.54, 1.807) is 0 Å². The van der Waals surface area contributed by atoms with E-state index in [0.717, 1.165) is 13.0 Å². The number of hydrogen-bond donors (Lipinski definition) is 1. The second-order valence-electron chi connectivity index (χ2n) is 6.81. The number of ether oxygens (including phenoxy) is 1. The molecule has 0 aliphatic heterocycles. The van der Waals surface area contributed by atoms with Gasteiger partial charge in [-0.2, -0.15) is 0 Å². The average molecular weight is 315 g/mol. The summed E-state index contributed by atoms with van der Waals surface area (Å²) >= 11 is 0. The molecule has 3 nitrogen and oxygen atoms in total. The minimum absolute atomic E-state index is 0.0723. The van der Waals surface area contributed by atoms with Crippen LogP contribution in [0, 0.1) is 0 Å². The van der Waals surface area contributed by atoms with Crippen LogP contribution in [0.3, 0.4) is 0 Å². The first-order valence-electron chi connectivity index (χ1n) is 9.78. The number of hydrogen-bond acceptors (Lipinski definition) is 3. The van der Waals surface area contributed by atoms with E-state index in [9.17, 15) is 0 Å². The lowest BCUT2D eigenvalue weighted by Crippen LogP contribution is -2.47. The molecule has 0 aromatic heterocycles. The SMILES string of the molecule is CCCCCCCCCCCCCOC(CC)N(N)C(C)C. The highest BCUT2D eigenvalue weighted by atomic mass is 16.5. The Balaban J connectivity index is 3.32. The molecule has 0 radical (unpaired) electrons. The predicted octanol–water partition coefficient (Wildman–Crippen LogP) is 5.63. The van der Waals surface area contributed by atoms with E-state index >= 15 is 0 Å². The first kappa shape index (κ1) is 21.9. The second kappa shape index (κ2) is 15.8. The van der Waals surface area contributed by atoms with Crippen molar-refractivity contribution in [1.82, 2.24) is 5.01 Å². The van der Waals surface area contributed by atoms with Crippen LogP contribution in [0.5, 0.6) is 0 Å². The minimum Gasteiger partial charge on any atom is -0.362 e. The van der Waals surface area contributed by atoms with Gasteiger partial charge in [-0.3, -0.25) is 5.84 Å². The summed E-state index contributed by atoms with van der Waals surface area (Å²) in [7, 11) is 0. The van der Waals surface area contributed by atoms with Gasteiger partial charge in [0.2, 0.25) is 0 Å². The second-order valence-corrected chi connectivity index (χ2v) is 6.81. The molecular formula is C19H42N2O. The molecule has 0 aliphatic carbocycles. The smallest absolute Gasteiger partial charge is 0.122 e. The highest BCUT2D eigenvalue weighted by Crippen LogP contribution is 2.12. The molecule has 1 atom stereocenters. The van der Waals surface area contributed by atoms with E-state index in [-0.39, 0.29) is 6.23 Å². The summed E-state index contributed by atoms with van der Waals surface area (Å²) in [5.74, 6) is 6.02. The molecule has 0 aliphatic rings. The Labute approximate surface area is 139 Å². The molecule has 0 spiro atoms. The van der Waals surface area contributed by atoms with E-state index < -0.39 is 0 Å². The van der Waals surface area contributed by atoms with Gasteiger partial charge in [-0.05, 0) is 26.7 Å². The molecule has 0 rings (SSSR count). The zero-order chi connectivity index (χ0) is 16.6. The van der Waals surface area contributed by atoms with Crippen LogP contribution in [0.4, 0.5) is 0 Å². The Morgan fingerprint density at radius 1 is 0.773 bits per heavy atom. The zero-order valence-corrected chi connectivity index (χ0v) is 15.8. The van der Waals surface area contributed by atoms with E-state index in [1.165, 1.54) is 70.6 Å². The third-order valence-electron chi connectivity index (χ3n) is 4.34. The molecule has 134 valence electrons. The van der Waals surface area contributed by atoms with E-state index in [2.05, 4.69) is 27.7 Å². The van der Waals surface area contributed by atoms with Crippen molar-refractivity contribution >= 4 is 0 Å². The first-order valence-corrected chi connectivity index (χ1v) is 9.78. The minimum atomic E-state index is 0.0723. The lowest BCUT2D eigenvalue weighted by molar-refractivity contribution is -0.0775. The van der Waals surface area contributed by atoms with Gasteiger partial charge in [0.05, 0.1) is 0 Å². The molecule has 2 N–H and O–H groups in total. The van der Waals surface area contributed by atoms with E-state index in [0.29, 0.717) is 6.04 Å².